The summed E-state index contributed by atoms with van der Waals surface area (Å²) in [6.07, 6.45) is 2.47. The fourth-order valence-corrected chi connectivity index (χ4v) is 2.34. The Morgan fingerprint density at radius 2 is 2.19 bits per heavy atom. The number of aromatic nitrogens is 3. The number of nitrogens with zero attached hydrogens (tertiary/aromatic N) is 3. The van der Waals surface area contributed by atoms with Gasteiger partial charge in [0.25, 0.3) is 0 Å². The standard InChI is InChI=1S/C15H12ClN3O2/c1-21-15-5-2-10(7-17-15)8-19-14-6-11(16)3-4-12(14)13(9-20)18-19/h2-7,9H,8H2,1H3. The van der Waals surface area contributed by atoms with Crippen molar-refractivity contribution >= 4 is 28.8 Å². The first-order valence-electron chi connectivity index (χ1n) is 6.31. The molecular formula is C15H12ClN3O2. The summed E-state index contributed by atoms with van der Waals surface area (Å²) in [7, 11) is 1.57. The minimum absolute atomic E-state index is 0.406. The number of benzene rings is 1. The average Bonchev–Trinajstić information content (AvgIpc) is 2.85. The number of aldehydes is 1. The van der Waals surface area contributed by atoms with Crippen LogP contribution in [-0.4, -0.2) is 28.2 Å². The Labute approximate surface area is 126 Å². The Kier molecular flexibility index (Phi) is 3.58. The van der Waals surface area contributed by atoms with Crippen LogP contribution in [0.3, 0.4) is 0 Å². The highest BCUT2D eigenvalue weighted by molar-refractivity contribution is 6.31. The van der Waals surface area contributed by atoms with E-state index in [1.807, 2.05) is 6.07 Å². The van der Waals surface area contributed by atoms with Gasteiger partial charge in [-0.2, -0.15) is 5.10 Å². The first kappa shape index (κ1) is 13.6. The fraction of sp³-hybridized carbons (Fsp3) is 0.133. The molecule has 3 aromatic rings. The van der Waals surface area contributed by atoms with E-state index in [-0.39, 0.29) is 0 Å². The molecule has 0 aliphatic rings. The molecule has 6 heteroatoms. The summed E-state index contributed by atoms with van der Waals surface area (Å²) in [5.41, 5.74) is 2.18. The molecule has 0 radical (unpaired) electrons. The summed E-state index contributed by atoms with van der Waals surface area (Å²) in [5.74, 6) is 0.556. The van der Waals surface area contributed by atoms with E-state index in [1.54, 1.807) is 42.3 Å². The van der Waals surface area contributed by atoms with Gasteiger partial charge in [0.1, 0.15) is 5.69 Å². The Bertz CT molecular complexity index is 797. The number of pyridine rings is 1. The van der Waals surface area contributed by atoms with Crippen LogP contribution in [-0.2, 0) is 6.54 Å². The van der Waals surface area contributed by atoms with Gasteiger partial charge in [-0.25, -0.2) is 4.98 Å². The molecule has 1 aromatic carbocycles. The molecule has 2 aromatic heterocycles. The number of rotatable bonds is 4. The van der Waals surface area contributed by atoms with Gasteiger partial charge in [-0.05, 0) is 23.8 Å². The number of ether oxygens (including phenoxy) is 1. The summed E-state index contributed by atoms with van der Waals surface area (Å²) >= 11 is 6.03. The van der Waals surface area contributed by atoms with Crippen LogP contribution < -0.4 is 4.74 Å². The van der Waals surface area contributed by atoms with E-state index in [1.165, 1.54) is 0 Å². The van der Waals surface area contributed by atoms with Crippen molar-refractivity contribution in [1.29, 1.82) is 0 Å². The summed E-state index contributed by atoms with van der Waals surface area (Å²) in [4.78, 5) is 15.3. The number of halogens is 1. The Balaban J connectivity index is 2.02. The van der Waals surface area contributed by atoms with Crippen molar-refractivity contribution in [3.05, 3.63) is 52.8 Å². The highest BCUT2D eigenvalue weighted by Gasteiger charge is 2.11. The van der Waals surface area contributed by atoms with E-state index < -0.39 is 0 Å². The molecule has 2 heterocycles. The lowest BCUT2D eigenvalue weighted by Gasteiger charge is -2.05. The van der Waals surface area contributed by atoms with Crippen molar-refractivity contribution in [3.63, 3.8) is 0 Å². The van der Waals surface area contributed by atoms with Crippen molar-refractivity contribution in [3.8, 4) is 5.88 Å². The molecule has 3 rings (SSSR count). The van der Waals surface area contributed by atoms with Crippen LogP contribution in [0.25, 0.3) is 10.9 Å². The predicted octanol–water partition coefficient (Wildman–Crippen LogP) is 2.95. The Morgan fingerprint density at radius 1 is 1.33 bits per heavy atom. The second kappa shape index (κ2) is 5.54. The molecule has 0 N–H and O–H groups in total. The molecule has 0 atom stereocenters. The second-order valence-electron chi connectivity index (χ2n) is 4.53. The number of methoxy groups -OCH3 is 1. The van der Waals surface area contributed by atoms with Crippen LogP contribution >= 0.6 is 11.6 Å². The fourth-order valence-electron chi connectivity index (χ4n) is 2.18. The summed E-state index contributed by atoms with van der Waals surface area (Å²) in [6, 6.07) is 9.04. The van der Waals surface area contributed by atoms with Crippen LogP contribution in [0, 0.1) is 0 Å². The van der Waals surface area contributed by atoms with E-state index in [9.17, 15) is 4.79 Å². The van der Waals surface area contributed by atoms with Gasteiger partial charge in [0, 0.05) is 22.7 Å². The number of hydrogen-bond donors (Lipinski definition) is 0. The van der Waals surface area contributed by atoms with Crippen LogP contribution in [0.15, 0.2) is 36.5 Å². The lowest BCUT2D eigenvalue weighted by atomic mass is 10.2. The summed E-state index contributed by atoms with van der Waals surface area (Å²) in [6.45, 7) is 0.502. The highest BCUT2D eigenvalue weighted by atomic mass is 35.5. The molecule has 0 saturated carbocycles. The number of carbonyl (C=O) groups excluding carboxylic acids is 1. The van der Waals surface area contributed by atoms with Gasteiger partial charge in [0.2, 0.25) is 5.88 Å². The first-order chi connectivity index (χ1) is 10.2. The van der Waals surface area contributed by atoms with Crippen LogP contribution in [0.2, 0.25) is 5.02 Å². The third-order valence-corrected chi connectivity index (χ3v) is 3.43. The highest BCUT2D eigenvalue weighted by Crippen LogP contribution is 2.22. The van der Waals surface area contributed by atoms with Crippen molar-refractivity contribution in [2.75, 3.05) is 7.11 Å². The molecule has 0 aliphatic carbocycles. The number of carbonyl (C=O) groups is 1. The lowest BCUT2D eigenvalue weighted by Crippen LogP contribution is -2.03. The third-order valence-electron chi connectivity index (χ3n) is 3.19. The zero-order valence-corrected chi connectivity index (χ0v) is 12.0. The van der Waals surface area contributed by atoms with Gasteiger partial charge in [-0.15, -0.1) is 0 Å². The molecule has 0 aliphatic heterocycles. The quantitative estimate of drug-likeness (QED) is 0.695. The molecule has 0 unspecified atom stereocenters. The summed E-state index contributed by atoms with van der Waals surface area (Å²) < 4.78 is 6.77. The van der Waals surface area contributed by atoms with Gasteiger partial charge < -0.3 is 4.74 Å². The van der Waals surface area contributed by atoms with E-state index in [4.69, 9.17) is 16.3 Å². The molecule has 0 bridgehead atoms. The van der Waals surface area contributed by atoms with Gasteiger partial charge in [0.05, 0.1) is 19.2 Å². The lowest BCUT2D eigenvalue weighted by molar-refractivity contribution is 0.111. The van der Waals surface area contributed by atoms with E-state index in [2.05, 4.69) is 10.1 Å². The maximum atomic E-state index is 11.1. The normalized spacial score (nSPS) is 10.8. The topological polar surface area (TPSA) is 57.0 Å². The number of hydrogen-bond acceptors (Lipinski definition) is 4. The third kappa shape index (κ3) is 2.60. The van der Waals surface area contributed by atoms with Crippen molar-refractivity contribution < 1.29 is 9.53 Å². The SMILES string of the molecule is COc1ccc(Cn2nc(C=O)c3ccc(Cl)cc32)cn1. The minimum atomic E-state index is 0.406. The van der Waals surface area contributed by atoms with Gasteiger partial charge in [-0.3, -0.25) is 9.48 Å². The van der Waals surface area contributed by atoms with Crippen molar-refractivity contribution in [1.82, 2.24) is 14.8 Å². The summed E-state index contributed by atoms with van der Waals surface area (Å²) in [5, 5.41) is 5.71. The Morgan fingerprint density at radius 3 is 2.86 bits per heavy atom. The maximum absolute atomic E-state index is 11.1. The second-order valence-corrected chi connectivity index (χ2v) is 4.97. The van der Waals surface area contributed by atoms with Crippen molar-refractivity contribution in [2.24, 2.45) is 0 Å². The molecule has 0 spiro atoms. The molecule has 0 saturated heterocycles. The molecule has 5 nitrogen and oxygen atoms in total. The van der Waals surface area contributed by atoms with Gasteiger partial charge in [-0.1, -0.05) is 17.7 Å². The average molecular weight is 302 g/mol. The first-order valence-corrected chi connectivity index (χ1v) is 6.69. The molecular weight excluding hydrogens is 290 g/mol. The Hall–Kier alpha value is -2.40. The van der Waals surface area contributed by atoms with Crippen LogP contribution in [0.4, 0.5) is 0 Å². The number of fused-ring (bicyclic) bond motifs is 1. The van der Waals surface area contributed by atoms with E-state index >= 15 is 0 Å². The van der Waals surface area contributed by atoms with E-state index in [0.29, 0.717) is 23.1 Å². The molecule has 21 heavy (non-hydrogen) atoms. The van der Waals surface area contributed by atoms with Crippen molar-refractivity contribution in [2.45, 2.75) is 6.54 Å². The molecule has 0 amide bonds. The largest absolute Gasteiger partial charge is 0.481 e. The zero-order valence-electron chi connectivity index (χ0n) is 11.3. The smallest absolute Gasteiger partial charge is 0.212 e. The van der Waals surface area contributed by atoms with Crippen LogP contribution in [0.1, 0.15) is 16.1 Å². The maximum Gasteiger partial charge on any atom is 0.212 e. The zero-order chi connectivity index (χ0) is 14.8. The van der Waals surface area contributed by atoms with Gasteiger partial charge in [0.15, 0.2) is 6.29 Å². The molecule has 106 valence electrons. The minimum Gasteiger partial charge on any atom is -0.481 e. The molecule has 0 fully saturated rings. The predicted molar refractivity (Wildman–Crippen MR) is 80.0 cm³/mol. The van der Waals surface area contributed by atoms with E-state index in [0.717, 1.165) is 22.8 Å². The van der Waals surface area contributed by atoms with Gasteiger partial charge >= 0.3 is 0 Å². The monoisotopic (exact) mass is 301 g/mol. The van der Waals surface area contributed by atoms with Crippen LogP contribution in [0.5, 0.6) is 5.88 Å².